The van der Waals surface area contributed by atoms with Crippen molar-refractivity contribution in [3.8, 4) is 45.3 Å². The summed E-state index contributed by atoms with van der Waals surface area (Å²) >= 11 is 0. The van der Waals surface area contributed by atoms with Crippen molar-refractivity contribution < 1.29 is 0 Å². The van der Waals surface area contributed by atoms with Crippen LogP contribution in [-0.2, 0) is 0 Å². The van der Waals surface area contributed by atoms with Crippen molar-refractivity contribution in [3.63, 3.8) is 0 Å². The number of pyridine rings is 2. The fraction of sp³-hybridized carbons (Fsp3) is 0. The number of fused-ring (bicyclic) bond motifs is 3. The monoisotopic (exact) mass is 487 g/mol. The highest BCUT2D eigenvalue weighted by Crippen LogP contribution is 2.29. The van der Waals surface area contributed by atoms with Crippen LogP contribution in [-0.4, -0.2) is 24.9 Å². The summed E-state index contributed by atoms with van der Waals surface area (Å²) in [5.74, 6) is 1.94. The zero-order valence-electron chi connectivity index (χ0n) is 20.4. The maximum Gasteiger partial charge on any atom is 0.164 e. The third-order valence-electron chi connectivity index (χ3n) is 6.60. The van der Waals surface area contributed by atoms with E-state index in [9.17, 15) is 0 Å². The minimum atomic E-state index is 0.637. The second kappa shape index (κ2) is 9.30. The quantitative estimate of drug-likeness (QED) is 0.239. The summed E-state index contributed by atoms with van der Waals surface area (Å²) in [5, 5.41) is 2.15. The van der Waals surface area contributed by atoms with Crippen molar-refractivity contribution >= 4 is 21.8 Å². The molecule has 0 aliphatic carbocycles. The van der Waals surface area contributed by atoms with E-state index in [0.29, 0.717) is 17.5 Å². The summed E-state index contributed by atoms with van der Waals surface area (Å²) in [6.07, 6.45) is 3.72. The van der Waals surface area contributed by atoms with Gasteiger partial charge in [-0.3, -0.25) is 9.97 Å². The molecule has 0 saturated carbocycles. The minimum absolute atomic E-state index is 0.637. The van der Waals surface area contributed by atoms with E-state index in [1.165, 1.54) is 0 Å². The average Bonchev–Trinajstić information content (AvgIpc) is 3.01. The molecule has 3 aromatic heterocycles. The van der Waals surface area contributed by atoms with Crippen LogP contribution < -0.4 is 0 Å². The lowest BCUT2D eigenvalue weighted by molar-refractivity contribution is 1.07. The van der Waals surface area contributed by atoms with Crippen LogP contribution in [0.1, 0.15) is 0 Å². The van der Waals surface area contributed by atoms with Crippen molar-refractivity contribution in [2.45, 2.75) is 0 Å². The van der Waals surface area contributed by atoms with E-state index in [2.05, 4.69) is 53.5 Å². The first-order valence-corrected chi connectivity index (χ1v) is 12.4. The Balaban J connectivity index is 1.28. The average molecular weight is 488 g/mol. The molecule has 0 amide bonds. The van der Waals surface area contributed by atoms with Gasteiger partial charge in [-0.1, -0.05) is 103 Å². The Hall–Kier alpha value is -5.29. The summed E-state index contributed by atoms with van der Waals surface area (Å²) in [6.45, 7) is 0. The molecule has 0 unspecified atom stereocenters. The first-order chi connectivity index (χ1) is 18.8. The Labute approximate surface area is 219 Å². The Kier molecular flexibility index (Phi) is 5.37. The predicted molar refractivity (Wildman–Crippen MR) is 152 cm³/mol. The second-order valence-electron chi connectivity index (χ2n) is 9.05. The van der Waals surface area contributed by atoms with Crippen molar-refractivity contribution in [2.75, 3.05) is 0 Å². The van der Waals surface area contributed by atoms with Crippen LogP contribution in [0.4, 0.5) is 0 Å². The Morgan fingerprint density at radius 1 is 0.368 bits per heavy atom. The number of hydrogen-bond acceptors (Lipinski definition) is 5. The van der Waals surface area contributed by atoms with Crippen molar-refractivity contribution in [2.24, 2.45) is 0 Å². The van der Waals surface area contributed by atoms with Crippen LogP contribution in [0.25, 0.3) is 67.1 Å². The van der Waals surface area contributed by atoms with Gasteiger partial charge in [0, 0.05) is 45.4 Å². The lowest BCUT2D eigenvalue weighted by Crippen LogP contribution is -2.00. The maximum absolute atomic E-state index is 4.83. The third-order valence-corrected chi connectivity index (χ3v) is 6.60. The van der Waals surface area contributed by atoms with E-state index in [0.717, 1.165) is 49.6 Å². The molecule has 0 aliphatic heterocycles. The molecular weight excluding hydrogens is 466 g/mol. The van der Waals surface area contributed by atoms with E-state index < -0.39 is 0 Å². The van der Waals surface area contributed by atoms with E-state index >= 15 is 0 Å². The van der Waals surface area contributed by atoms with Gasteiger partial charge >= 0.3 is 0 Å². The molecule has 38 heavy (non-hydrogen) atoms. The molecule has 0 bridgehead atoms. The molecule has 5 nitrogen and oxygen atoms in total. The SMILES string of the molecule is c1ccc(-c2nc(-c3ccccc3)nc(-c3ccc(-c4cnc5c(ccc6cccnc65)c4)cc3)n2)cc1. The third kappa shape index (κ3) is 4.06. The zero-order chi connectivity index (χ0) is 25.3. The van der Waals surface area contributed by atoms with Crippen LogP contribution >= 0.6 is 0 Å². The van der Waals surface area contributed by atoms with Gasteiger partial charge in [0.2, 0.25) is 0 Å². The van der Waals surface area contributed by atoms with E-state index in [1.54, 1.807) is 0 Å². The van der Waals surface area contributed by atoms with Gasteiger partial charge in [-0.05, 0) is 17.7 Å². The molecule has 0 radical (unpaired) electrons. The van der Waals surface area contributed by atoms with Crippen molar-refractivity contribution in [1.82, 2.24) is 24.9 Å². The standard InChI is InChI=1S/C33H21N5/c1-3-8-24(9-4-1)31-36-32(25-10-5-2-6-11-25)38-33(37-31)26-16-13-22(14-17-26)28-20-27-18-15-23-12-7-19-34-29(23)30(27)35-21-28/h1-21H. The van der Waals surface area contributed by atoms with E-state index in [1.807, 2.05) is 79.1 Å². The molecule has 0 N–H and O–H groups in total. The summed E-state index contributed by atoms with van der Waals surface area (Å²) in [6, 6.07) is 38.7. The lowest BCUT2D eigenvalue weighted by atomic mass is 10.0. The largest absolute Gasteiger partial charge is 0.254 e. The number of nitrogens with zero attached hydrogens (tertiary/aromatic N) is 5. The zero-order valence-corrected chi connectivity index (χ0v) is 20.4. The molecule has 0 aliphatic rings. The number of hydrogen-bond donors (Lipinski definition) is 0. The van der Waals surface area contributed by atoms with Gasteiger partial charge in [0.15, 0.2) is 17.5 Å². The summed E-state index contributed by atoms with van der Waals surface area (Å²) in [5.41, 5.74) is 6.79. The van der Waals surface area contributed by atoms with E-state index in [-0.39, 0.29) is 0 Å². The Morgan fingerprint density at radius 2 is 0.895 bits per heavy atom. The summed E-state index contributed by atoms with van der Waals surface area (Å²) in [4.78, 5) is 23.7. The van der Waals surface area contributed by atoms with Gasteiger partial charge in [-0.15, -0.1) is 0 Å². The fourth-order valence-electron chi connectivity index (χ4n) is 4.64. The minimum Gasteiger partial charge on any atom is -0.254 e. The fourth-order valence-corrected chi connectivity index (χ4v) is 4.64. The topological polar surface area (TPSA) is 64.5 Å². The van der Waals surface area contributed by atoms with Gasteiger partial charge in [0.25, 0.3) is 0 Å². The lowest BCUT2D eigenvalue weighted by Gasteiger charge is -2.09. The Morgan fingerprint density at radius 3 is 1.53 bits per heavy atom. The molecular formula is C33H21N5. The van der Waals surface area contributed by atoms with Crippen LogP contribution in [0.5, 0.6) is 0 Å². The predicted octanol–water partition coefficient (Wildman–Crippen LogP) is 7.64. The molecule has 4 aromatic carbocycles. The molecule has 0 spiro atoms. The van der Waals surface area contributed by atoms with E-state index in [4.69, 9.17) is 19.9 Å². The van der Waals surface area contributed by atoms with Crippen LogP contribution in [0.15, 0.2) is 128 Å². The number of aromatic nitrogens is 5. The highest BCUT2D eigenvalue weighted by molar-refractivity contribution is 6.03. The number of benzene rings is 4. The van der Waals surface area contributed by atoms with Gasteiger partial charge in [0.05, 0.1) is 11.0 Å². The van der Waals surface area contributed by atoms with Gasteiger partial charge in [-0.2, -0.15) is 0 Å². The summed E-state index contributed by atoms with van der Waals surface area (Å²) in [7, 11) is 0. The second-order valence-corrected chi connectivity index (χ2v) is 9.05. The first-order valence-electron chi connectivity index (χ1n) is 12.4. The van der Waals surface area contributed by atoms with Gasteiger partial charge < -0.3 is 0 Å². The Bertz CT molecular complexity index is 1840. The molecule has 178 valence electrons. The van der Waals surface area contributed by atoms with Crippen molar-refractivity contribution in [1.29, 1.82) is 0 Å². The smallest absolute Gasteiger partial charge is 0.164 e. The van der Waals surface area contributed by atoms with Gasteiger partial charge in [0.1, 0.15) is 0 Å². The molecule has 5 heteroatoms. The number of rotatable bonds is 4. The van der Waals surface area contributed by atoms with Gasteiger partial charge in [-0.25, -0.2) is 15.0 Å². The highest BCUT2D eigenvalue weighted by Gasteiger charge is 2.12. The van der Waals surface area contributed by atoms with Crippen molar-refractivity contribution in [3.05, 3.63) is 128 Å². The molecule has 7 aromatic rings. The van der Waals surface area contributed by atoms with Crippen LogP contribution in [0, 0.1) is 0 Å². The van der Waals surface area contributed by atoms with Crippen LogP contribution in [0.2, 0.25) is 0 Å². The highest BCUT2D eigenvalue weighted by atomic mass is 15.0. The maximum atomic E-state index is 4.83. The molecule has 7 rings (SSSR count). The molecule has 0 fully saturated rings. The van der Waals surface area contributed by atoms with Crippen LogP contribution in [0.3, 0.4) is 0 Å². The summed E-state index contributed by atoms with van der Waals surface area (Å²) < 4.78 is 0. The molecule has 0 atom stereocenters. The normalized spacial score (nSPS) is 11.2. The molecule has 3 heterocycles. The molecule has 0 saturated heterocycles. The first kappa shape index (κ1) is 21.9.